The summed E-state index contributed by atoms with van der Waals surface area (Å²) < 4.78 is 0. The Kier molecular flexibility index (Phi) is 3.91. The SMILES string of the molecule is CCSCCc1ccsc1. The van der Waals surface area contributed by atoms with Gasteiger partial charge in [0, 0.05) is 0 Å². The molecule has 0 aliphatic rings. The highest BCUT2D eigenvalue weighted by Gasteiger charge is 1.90. The molecule has 0 atom stereocenters. The van der Waals surface area contributed by atoms with Crippen molar-refractivity contribution in [3.05, 3.63) is 22.4 Å². The average molecular weight is 172 g/mol. The highest BCUT2D eigenvalue weighted by Crippen LogP contribution is 2.09. The molecule has 1 rings (SSSR count). The molecule has 0 amide bonds. The van der Waals surface area contributed by atoms with E-state index in [0.717, 1.165) is 0 Å². The average Bonchev–Trinajstić information content (AvgIpc) is 2.41. The van der Waals surface area contributed by atoms with E-state index in [1.54, 1.807) is 11.3 Å². The maximum atomic E-state index is 2.23. The molecule has 0 saturated heterocycles. The van der Waals surface area contributed by atoms with Gasteiger partial charge in [0.05, 0.1) is 0 Å². The summed E-state index contributed by atoms with van der Waals surface area (Å²) in [6.45, 7) is 2.21. The van der Waals surface area contributed by atoms with Crippen molar-refractivity contribution in [2.24, 2.45) is 0 Å². The van der Waals surface area contributed by atoms with Crippen LogP contribution in [0.5, 0.6) is 0 Å². The predicted octanol–water partition coefficient (Wildman–Crippen LogP) is 3.04. The number of hydrogen-bond donors (Lipinski definition) is 0. The minimum atomic E-state index is 1.24. The van der Waals surface area contributed by atoms with Crippen LogP contribution >= 0.6 is 23.1 Å². The Labute approximate surface area is 70.7 Å². The molecule has 0 aromatic carbocycles. The van der Waals surface area contributed by atoms with Gasteiger partial charge in [-0.1, -0.05) is 6.92 Å². The van der Waals surface area contributed by atoms with Crippen LogP contribution in [0.4, 0.5) is 0 Å². The van der Waals surface area contributed by atoms with E-state index in [2.05, 4.69) is 23.8 Å². The zero-order chi connectivity index (χ0) is 7.23. The summed E-state index contributed by atoms with van der Waals surface area (Å²) >= 11 is 3.80. The Morgan fingerprint density at radius 1 is 1.60 bits per heavy atom. The number of rotatable bonds is 4. The summed E-state index contributed by atoms with van der Waals surface area (Å²) in [4.78, 5) is 0. The van der Waals surface area contributed by atoms with Gasteiger partial charge >= 0.3 is 0 Å². The largest absolute Gasteiger partial charge is 0.162 e. The van der Waals surface area contributed by atoms with E-state index in [0.29, 0.717) is 0 Å². The minimum absolute atomic E-state index is 1.24. The fourth-order valence-corrected chi connectivity index (χ4v) is 2.14. The molecule has 1 heterocycles. The maximum absolute atomic E-state index is 2.23. The Bertz CT molecular complexity index is 156. The van der Waals surface area contributed by atoms with Crippen molar-refractivity contribution < 1.29 is 0 Å². The van der Waals surface area contributed by atoms with Crippen molar-refractivity contribution in [1.82, 2.24) is 0 Å². The molecule has 0 nitrogen and oxygen atoms in total. The number of aryl methyl sites for hydroxylation is 1. The minimum Gasteiger partial charge on any atom is -0.162 e. The van der Waals surface area contributed by atoms with Gasteiger partial charge in [0.2, 0.25) is 0 Å². The van der Waals surface area contributed by atoms with Gasteiger partial charge in [0.1, 0.15) is 0 Å². The number of hydrogen-bond acceptors (Lipinski definition) is 2. The first-order valence-electron chi connectivity index (χ1n) is 3.52. The van der Waals surface area contributed by atoms with Crippen molar-refractivity contribution in [2.75, 3.05) is 11.5 Å². The monoisotopic (exact) mass is 172 g/mol. The van der Waals surface area contributed by atoms with Gasteiger partial charge < -0.3 is 0 Å². The highest BCUT2D eigenvalue weighted by atomic mass is 32.2. The summed E-state index contributed by atoms with van der Waals surface area (Å²) in [6, 6.07) is 2.21. The van der Waals surface area contributed by atoms with Crippen molar-refractivity contribution in [3.63, 3.8) is 0 Å². The molecule has 10 heavy (non-hydrogen) atoms. The molecule has 0 N–H and O–H groups in total. The molecule has 0 spiro atoms. The van der Waals surface area contributed by atoms with Crippen molar-refractivity contribution in [3.8, 4) is 0 Å². The van der Waals surface area contributed by atoms with Gasteiger partial charge in [0.25, 0.3) is 0 Å². The lowest BCUT2D eigenvalue weighted by molar-refractivity contribution is 1.17. The molecule has 0 radical (unpaired) electrons. The third-order valence-corrected chi connectivity index (χ3v) is 2.95. The van der Waals surface area contributed by atoms with Gasteiger partial charge in [-0.3, -0.25) is 0 Å². The molecule has 0 saturated carbocycles. The van der Waals surface area contributed by atoms with E-state index >= 15 is 0 Å². The lowest BCUT2D eigenvalue weighted by atomic mass is 10.3. The third-order valence-electron chi connectivity index (χ3n) is 1.32. The molecule has 1 aromatic rings. The standard InChI is InChI=1S/C8H12S2/c1-2-9-5-3-8-4-6-10-7-8/h4,6-7H,2-3,5H2,1H3. The molecular weight excluding hydrogens is 160 g/mol. The first-order valence-corrected chi connectivity index (χ1v) is 5.62. The normalized spacial score (nSPS) is 10.1. The zero-order valence-corrected chi connectivity index (χ0v) is 7.80. The van der Waals surface area contributed by atoms with Gasteiger partial charge in [0.15, 0.2) is 0 Å². The van der Waals surface area contributed by atoms with E-state index < -0.39 is 0 Å². The zero-order valence-electron chi connectivity index (χ0n) is 6.17. The van der Waals surface area contributed by atoms with Crippen molar-refractivity contribution in [1.29, 1.82) is 0 Å². The van der Waals surface area contributed by atoms with Gasteiger partial charge in [-0.2, -0.15) is 23.1 Å². The molecule has 0 fully saturated rings. The molecule has 56 valence electrons. The Morgan fingerprint density at radius 2 is 2.50 bits per heavy atom. The third kappa shape index (κ3) is 2.76. The van der Waals surface area contributed by atoms with Gasteiger partial charge in [-0.25, -0.2) is 0 Å². The lowest BCUT2D eigenvalue weighted by Gasteiger charge is -1.94. The predicted molar refractivity (Wildman–Crippen MR) is 51.0 cm³/mol. The Balaban J connectivity index is 2.15. The van der Waals surface area contributed by atoms with Crippen LogP contribution in [0.25, 0.3) is 0 Å². The summed E-state index contributed by atoms with van der Waals surface area (Å²) in [5, 5.41) is 4.38. The van der Waals surface area contributed by atoms with Crippen LogP contribution in [0.1, 0.15) is 12.5 Å². The summed E-state index contributed by atoms with van der Waals surface area (Å²) in [6.07, 6.45) is 1.24. The van der Waals surface area contributed by atoms with Gasteiger partial charge in [-0.05, 0) is 40.3 Å². The quantitative estimate of drug-likeness (QED) is 0.629. The van der Waals surface area contributed by atoms with E-state index in [-0.39, 0.29) is 0 Å². The van der Waals surface area contributed by atoms with Crippen molar-refractivity contribution in [2.45, 2.75) is 13.3 Å². The van der Waals surface area contributed by atoms with Crippen molar-refractivity contribution >= 4 is 23.1 Å². The number of thioether (sulfide) groups is 1. The molecule has 2 heteroatoms. The first kappa shape index (κ1) is 8.15. The second-order valence-electron chi connectivity index (χ2n) is 2.08. The topological polar surface area (TPSA) is 0 Å². The molecule has 1 aromatic heterocycles. The summed E-state index contributed by atoms with van der Waals surface area (Å²) in [5.74, 6) is 2.51. The molecule has 0 aliphatic heterocycles. The second-order valence-corrected chi connectivity index (χ2v) is 4.25. The van der Waals surface area contributed by atoms with Crippen LogP contribution in [-0.4, -0.2) is 11.5 Å². The van der Waals surface area contributed by atoms with Gasteiger partial charge in [-0.15, -0.1) is 0 Å². The molecular formula is C8H12S2. The fraction of sp³-hybridized carbons (Fsp3) is 0.500. The van der Waals surface area contributed by atoms with E-state index in [1.165, 1.54) is 23.5 Å². The van der Waals surface area contributed by atoms with Crippen LogP contribution in [0.15, 0.2) is 16.8 Å². The second kappa shape index (κ2) is 4.80. The van der Waals surface area contributed by atoms with Crippen LogP contribution in [0.2, 0.25) is 0 Å². The summed E-state index contributed by atoms with van der Waals surface area (Å²) in [5.41, 5.74) is 1.49. The Hall–Kier alpha value is 0.0500. The highest BCUT2D eigenvalue weighted by molar-refractivity contribution is 7.99. The first-order chi connectivity index (χ1) is 4.93. The van der Waals surface area contributed by atoms with Crippen LogP contribution in [0, 0.1) is 0 Å². The fourth-order valence-electron chi connectivity index (χ4n) is 0.769. The molecule has 0 aliphatic carbocycles. The van der Waals surface area contributed by atoms with Crippen LogP contribution in [0.3, 0.4) is 0 Å². The van der Waals surface area contributed by atoms with Crippen LogP contribution < -0.4 is 0 Å². The smallest absolute Gasteiger partial charge is 0.00268 e. The summed E-state index contributed by atoms with van der Waals surface area (Å²) in [7, 11) is 0. The van der Waals surface area contributed by atoms with E-state index in [1.807, 2.05) is 11.8 Å². The van der Waals surface area contributed by atoms with E-state index in [4.69, 9.17) is 0 Å². The Morgan fingerprint density at radius 3 is 3.10 bits per heavy atom. The lowest BCUT2D eigenvalue weighted by Crippen LogP contribution is -1.84. The van der Waals surface area contributed by atoms with Crippen LogP contribution in [-0.2, 0) is 6.42 Å². The molecule has 0 bridgehead atoms. The molecule has 0 unspecified atom stereocenters. The number of thiophene rings is 1. The maximum Gasteiger partial charge on any atom is -0.00268 e. The van der Waals surface area contributed by atoms with E-state index in [9.17, 15) is 0 Å².